The molecule has 4 rings (SSSR count). The SMILES string of the molecule is O=C(O)C1(Cn2nnnc2C2Cc3ccccc3C2)CC1. The quantitative estimate of drug-likeness (QED) is 0.918. The molecule has 0 aliphatic heterocycles. The van der Waals surface area contributed by atoms with E-state index in [4.69, 9.17) is 0 Å². The van der Waals surface area contributed by atoms with E-state index in [1.54, 1.807) is 4.68 Å². The Bertz CT molecular complexity index is 680. The maximum absolute atomic E-state index is 11.3. The average molecular weight is 284 g/mol. The van der Waals surface area contributed by atoms with Crippen LogP contribution in [-0.4, -0.2) is 31.3 Å². The number of fused-ring (bicyclic) bond motifs is 1. The lowest BCUT2D eigenvalue weighted by Crippen LogP contribution is -2.24. The Balaban J connectivity index is 1.58. The summed E-state index contributed by atoms with van der Waals surface area (Å²) in [7, 11) is 0. The maximum atomic E-state index is 11.3. The number of nitrogens with zero attached hydrogens (tertiary/aromatic N) is 4. The van der Waals surface area contributed by atoms with Crippen molar-refractivity contribution in [1.82, 2.24) is 20.2 Å². The molecule has 2 aromatic rings. The van der Waals surface area contributed by atoms with Gasteiger partial charge in [0.1, 0.15) is 0 Å². The number of carboxylic acid groups (broad SMARTS) is 1. The minimum absolute atomic E-state index is 0.252. The van der Waals surface area contributed by atoms with E-state index in [-0.39, 0.29) is 5.92 Å². The second-order valence-corrected chi connectivity index (χ2v) is 6.15. The molecule has 0 bridgehead atoms. The van der Waals surface area contributed by atoms with Crippen molar-refractivity contribution in [2.45, 2.75) is 38.1 Å². The number of rotatable bonds is 4. The molecule has 1 aromatic carbocycles. The van der Waals surface area contributed by atoms with Crippen LogP contribution in [0.1, 0.15) is 35.7 Å². The first kappa shape index (κ1) is 12.5. The predicted octanol–water partition coefficient (Wildman–Crippen LogP) is 1.42. The molecule has 21 heavy (non-hydrogen) atoms. The summed E-state index contributed by atoms with van der Waals surface area (Å²) < 4.78 is 1.71. The van der Waals surface area contributed by atoms with Crippen molar-refractivity contribution in [3.8, 4) is 0 Å². The van der Waals surface area contributed by atoms with Crippen LogP contribution in [0.3, 0.4) is 0 Å². The Labute approximate surface area is 121 Å². The molecular formula is C15H16N4O2. The zero-order chi connectivity index (χ0) is 14.4. The largest absolute Gasteiger partial charge is 0.481 e. The summed E-state index contributed by atoms with van der Waals surface area (Å²) in [5, 5.41) is 21.3. The van der Waals surface area contributed by atoms with Crippen LogP contribution < -0.4 is 0 Å². The van der Waals surface area contributed by atoms with Crippen LogP contribution in [0.25, 0.3) is 0 Å². The molecule has 6 nitrogen and oxygen atoms in total. The zero-order valence-electron chi connectivity index (χ0n) is 11.6. The van der Waals surface area contributed by atoms with Gasteiger partial charge in [0.2, 0.25) is 0 Å². The molecule has 6 heteroatoms. The van der Waals surface area contributed by atoms with Crippen molar-refractivity contribution < 1.29 is 9.90 Å². The van der Waals surface area contributed by atoms with Gasteiger partial charge in [-0.15, -0.1) is 5.10 Å². The molecular weight excluding hydrogens is 268 g/mol. The van der Waals surface area contributed by atoms with Gasteiger partial charge in [0.05, 0.1) is 12.0 Å². The van der Waals surface area contributed by atoms with Crippen LogP contribution in [0.2, 0.25) is 0 Å². The Morgan fingerprint density at radius 1 is 1.29 bits per heavy atom. The van der Waals surface area contributed by atoms with Gasteiger partial charge in [0, 0.05) is 5.92 Å². The van der Waals surface area contributed by atoms with Crippen molar-refractivity contribution >= 4 is 5.97 Å². The van der Waals surface area contributed by atoms with E-state index in [0.717, 1.165) is 18.7 Å². The first-order valence-corrected chi connectivity index (χ1v) is 7.24. The van der Waals surface area contributed by atoms with E-state index in [9.17, 15) is 9.90 Å². The van der Waals surface area contributed by atoms with Gasteiger partial charge in [0.25, 0.3) is 0 Å². The molecule has 1 saturated carbocycles. The van der Waals surface area contributed by atoms with Crippen LogP contribution in [0.5, 0.6) is 0 Å². The molecule has 1 fully saturated rings. The Morgan fingerprint density at radius 3 is 2.52 bits per heavy atom. The highest BCUT2D eigenvalue weighted by Gasteiger charge is 2.51. The van der Waals surface area contributed by atoms with E-state index >= 15 is 0 Å². The summed E-state index contributed by atoms with van der Waals surface area (Å²) in [4.78, 5) is 11.3. The van der Waals surface area contributed by atoms with Crippen LogP contribution >= 0.6 is 0 Å². The molecule has 0 radical (unpaired) electrons. The molecule has 1 N–H and O–H groups in total. The first-order valence-electron chi connectivity index (χ1n) is 7.24. The van der Waals surface area contributed by atoms with Crippen molar-refractivity contribution in [3.05, 3.63) is 41.2 Å². The number of tetrazole rings is 1. The number of hydrogen-bond donors (Lipinski definition) is 1. The van der Waals surface area contributed by atoms with Crippen LogP contribution in [0.15, 0.2) is 24.3 Å². The molecule has 0 atom stereocenters. The zero-order valence-corrected chi connectivity index (χ0v) is 11.6. The van der Waals surface area contributed by atoms with Gasteiger partial charge in [-0.25, -0.2) is 4.68 Å². The number of carboxylic acids is 1. The number of carbonyl (C=O) groups is 1. The lowest BCUT2D eigenvalue weighted by Gasteiger charge is -2.13. The number of hydrogen-bond acceptors (Lipinski definition) is 4. The van der Waals surface area contributed by atoms with E-state index in [1.165, 1.54) is 11.1 Å². The third kappa shape index (κ3) is 2.02. The minimum Gasteiger partial charge on any atom is -0.481 e. The first-order chi connectivity index (χ1) is 10.2. The van der Waals surface area contributed by atoms with Gasteiger partial charge in [0.15, 0.2) is 5.82 Å². The van der Waals surface area contributed by atoms with Gasteiger partial charge in [-0.1, -0.05) is 24.3 Å². The highest BCUT2D eigenvalue weighted by atomic mass is 16.4. The summed E-state index contributed by atoms with van der Waals surface area (Å²) in [6.45, 7) is 0.386. The molecule has 0 spiro atoms. The summed E-state index contributed by atoms with van der Waals surface area (Å²) in [6, 6.07) is 8.38. The van der Waals surface area contributed by atoms with Gasteiger partial charge < -0.3 is 5.11 Å². The molecule has 0 amide bonds. The van der Waals surface area contributed by atoms with Gasteiger partial charge >= 0.3 is 5.97 Å². The monoisotopic (exact) mass is 284 g/mol. The fraction of sp³-hybridized carbons (Fsp3) is 0.467. The number of aliphatic carboxylic acids is 1. The lowest BCUT2D eigenvalue weighted by atomic mass is 10.0. The molecule has 1 aromatic heterocycles. The average Bonchev–Trinajstić information content (AvgIpc) is 2.94. The van der Waals surface area contributed by atoms with E-state index in [1.807, 2.05) is 12.1 Å². The fourth-order valence-electron chi connectivity index (χ4n) is 3.24. The molecule has 2 aliphatic rings. The van der Waals surface area contributed by atoms with Gasteiger partial charge in [-0.3, -0.25) is 4.79 Å². The van der Waals surface area contributed by atoms with Crippen molar-refractivity contribution in [3.63, 3.8) is 0 Å². The Hall–Kier alpha value is -2.24. The second-order valence-electron chi connectivity index (χ2n) is 6.15. The van der Waals surface area contributed by atoms with Crippen LogP contribution in [-0.2, 0) is 24.2 Å². The molecule has 1 heterocycles. The number of benzene rings is 1. The third-order valence-corrected chi connectivity index (χ3v) is 4.74. The minimum atomic E-state index is -0.737. The van der Waals surface area contributed by atoms with Gasteiger partial charge in [-0.05, 0) is 47.2 Å². The lowest BCUT2D eigenvalue weighted by molar-refractivity contribution is -0.144. The van der Waals surface area contributed by atoms with Crippen molar-refractivity contribution in [1.29, 1.82) is 0 Å². The smallest absolute Gasteiger partial charge is 0.311 e. The van der Waals surface area contributed by atoms with Crippen LogP contribution in [0.4, 0.5) is 0 Å². The highest BCUT2D eigenvalue weighted by molar-refractivity contribution is 5.77. The molecule has 0 unspecified atom stereocenters. The standard InChI is InChI=1S/C15H16N4O2/c20-14(21)15(5-6-15)9-19-13(16-17-18-19)12-7-10-3-1-2-4-11(10)8-12/h1-4,12H,5-9H2,(H,20,21). The molecule has 108 valence electrons. The van der Waals surface area contributed by atoms with E-state index in [2.05, 4.69) is 27.7 Å². The normalized spacial score (nSPS) is 19.4. The Kier molecular flexibility index (Phi) is 2.60. The summed E-state index contributed by atoms with van der Waals surface area (Å²) in [6.07, 6.45) is 3.28. The topological polar surface area (TPSA) is 80.9 Å². The fourth-order valence-corrected chi connectivity index (χ4v) is 3.24. The van der Waals surface area contributed by atoms with Crippen molar-refractivity contribution in [2.75, 3.05) is 0 Å². The molecule has 2 aliphatic carbocycles. The third-order valence-electron chi connectivity index (χ3n) is 4.74. The summed E-state index contributed by atoms with van der Waals surface area (Å²) in [5.41, 5.74) is 2.04. The second kappa shape index (κ2) is 4.38. The van der Waals surface area contributed by atoms with Crippen molar-refractivity contribution in [2.24, 2.45) is 5.41 Å². The predicted molar refractivity (Wildman–Crippen MR) is 73.7 cm³/mol. The van der Waals surface area contributed by atoms with E-state index < -0.39 is 11.4 Å². The summed E-state index contributed by atoms with van der Waals surface area (Å²) >= 11 is 0. The summed E-state index contributed by atoms with van der Waals surface area (Å²) in [5.74, 6) is 0.333. The maximum Gasteiger partial charge on any atom is 0.311 e. The van der Waals surface area contributed by atoms with Crippen LogP contribution in [0, 0.1) is 5.41 Å². The van der Waals surface area contributed by atoms with Gasteiger partial charge in [-0.2, -0.15) is 0 Å². The van der Waals surface area contributed by atoms with E-state index in [0.29, 0.717) is 19.4 Å². The number of aromatic nitrogens is 4. The Morgan fingerprint density at radius 2 is 1.95 bits per heavy atom. The molecule has 0 saturated heterocycles. The highest BCUT2D eigenvalue weighted by Crippen LogP contribution is 2.47.